The molecule has 0 aromatic heterocycles. The zero-order valence-electron chi connectivity index (χ0n) is 14.9. The molecule has 25 heavy (non-hydrogen) atoms. The molecule has 1 heterocycles. The van der Waals surface area contributed by atoms with Crippen LogP contribution in [0.5, 0.6) is 0 Å². The van der Waals surface area contributed by atoms with Crippen LogP contribution in [0.4, 0.5) is 9.18 Å². The summed E-state index contributed by atoms with van der Waals surface area (Å²) in [5, 5.41) is 2.97. The summed E-state index contributed by atoms with van der Waals surface area (Å²) in [6, 6.07) is 6.11. The van der Waals surface area contributed by atoms with E-state index in [-0.39, 0.29) is 30.3 Å². The van der Waals surface area contributed by atoms with Crippen LogP contribution in [0, 0.1) is 11.7 Å². The number of rotatable bonds is 5. The van der Waals surface area contributed by atoms with E-state index in [0.29, 0.717) is 19.5 Å². The highest BCUT2D eigenvalue weighted by molar-refractivity contribution is 6.07. The molecule has 3 rings (SSSR count). The molecule has 1 aliphatic carbocycles. The maximum atomic E-state index is 13.4. The van der Waals surface area contributed by atoms with Crippen molar-refractivity contribution in [3.8, 4) is 0 Å². The predicted octanol–water partition coefficient (Wildman–Crippen LogP) is 3.11. The molecule has 2 fully saturated rings. The molecule has 1 spiro atoms. The van der Waals surface area contributed by atoms with Crippen molar-refractivity contribution >= 4 is 11.9 Å². The van der Waals surface area contributed by atoms with Gasteiger partial charge in [0.25, 0.3) is 5.91 Å². The number of halogens is 1. The molecule has 5 nitrogen and oxygen atoms in total. The molecule has 1 aliphatic heterocycles. The number of urea groups is 1. The van der Waals surface area contributed by atoms with Crippen molar-refractivity contribution < 1.29 is 14.0 Å². The predicted molar refractivity (Wildman–Crippen MR) is 93.1 cm³/mol. The molecule has 2 atom stereocenters. The van der Waals surface area contributed by atoms with E-state index in [9.17, 15) is 14.0 Å². The first kappa shape index (κ1) is 17.9. The van der Waals surface area contributed by atoms with Crippen LogP contribution in [0.1, 0.15) is 45.1 Å². The fourth-order valence-electron chi connectivity index (χ4n) is 3.98. The Kier molecular flexibility index (Phi) is 5.08. The Morgan fingerprint density at radius 3 is 2.84 bits per heavy atom. The lowest BCUT2D eigenvalue weighted by atomic mass is 9.73. The monoisotopic (exact) mass is 347 g/mol. The first-order valence-electron chi connectivity index (χ1n) is 9.07. The number of amides is 3. The lowest BCUT2D eigenvalue weighted by Gasteiger charge is -2.37. The van der Waals surface area contributed by atoms with E-state index in [1.54, 1.807) is 6.07 Å². The minimum atomic E-state index is -0.729. The largest absolute Gasteiger partial charge is 0.326 e. The summed E-state index contributed by atoms with van der Waals surface area (Å²) in [6.45, 7) is 5.40. The van der Waals surface area contributed by atoms with E-state index in [0.717, 1.165) is 24.8 Å². The molecular weight excluding hydrogens is 321 g/mol. The number of nitrogens with zero attached hydrogens (tertiary/aromatic N) is 2. The SMILES string of the molecule is CCN(Cc1cccc(F)c1)CN1C(=O)NC2(CCCCC2C)C1=O. The summed E-state index contributed by atoms with van der Waals surface area (Å²) in [7, 11) is 0. The third-order valence-electron chi connectivity index (χ3n) is 5.59. The lowest BCUT2D eigenvalue weighted by molar-refractivity contribution is -0.135. The summed E-state index contributed by atoms with van der Waals surface area (Å²) in [5.74, 6) is -0.234. The second kappa shape index (κ2) is 7.12. The van der Waals surface area contributed by atoms with Gasteiger partial charge in [-0.2, -0.15) is 0 Å². The molecule has 0 bridgehead atoms. The number of hydrogen-bond acceptors (Lipinski definition) is 3. The molecule has 3 amide bonds. The summed E-state index contributed by atoms with van der Waals surface area (Å²) < 4.78 is 13.4. The molecule has 2 aliphatic rings. The Morgan fingerprint density at radius 2 is 2.16 bits per heavy atom. The first-order chi connectivity index (χ1) is 12.0. The van der Waals surface area contributed by atoms with Crippen molar-refractivity contribution in [1.82, 2.24) is 15.1 Å². The van der Waals surface area contributed by atoms with Crippen molar-refractivity contribution in [1.29, 1.82) is 0 Å². The van der Waals surface area contributed by atoms with Crippen LogP contribution < -0.4 is 5.32 Å². The van der Waals surface area contributed by atoms with Gasteiger partial charge in [-0.05, 0) is 43.0 Å². The minimum absolute atomic E-state index is 0.109. The zero-order chi connectivity index (χ0) is 18.0. The van der Waals surface area contributed by atoms with Gasteiger partial charge >= 0.3 is 6.03 Å². The number of carbonyl (C=O) groups is 2. The van der Waals surface area contributed by atoms with Crippen LogP contribution in [-0.2, 0) is 11.3 Å². The minimum Gasteiger partial charge on any atom is -0.323 e. The summed E-state index contributed by atoms with van der Waals surface area (Å²) in [4.78, 5) is 28.8. The van der Waals surface area contributed by atoms with E-state index in [1.165, 1.54) is 17.0 Å². The van der Waals surface area contributed by atoms with E-state index in [4.69, 9.17) is 0 Å². The smallest absolute Gasteiger partial charge is 0.323 e. The number of nitrogens with one attached hydrogen (secondary N) is 1. The van der Waals surface area contributed by atoms with Crippen LogP contribution in [0.25, 0.3) is 0 Å². The Morgan fingerprint density at radius 1 is 1.36 bits per heavy atom. The Balaban J connectivity index is 1.72. The molecule has 6 heteroatoms. The first-order valence-corrected chi connectivity index (χ1v) is 9.07. The second-order valence-corrected chi connectivity index (χ2v) is 7.20. The zero-order valence-corrected chi connectivity index (χ0v) is 14.9. The standard InChI is InChI=1S/C19H26FN3O2/c1-3-22(12-15-8-6-9-16(20)11-15)13-23-17(24)19(21-18(23)25)10-5-4-7-14(19)2/h6,8-9,11,14H,3-5,7,10,12-13H2,1-2H3,(H,21,25). The van der Waals surface area contributed by atoms with E-state index >= 15 is 0 Å². The summed E-state index contributed by atoms with van der Waals surface area (Å²) in [5.41, 5.74) is 0.0998. The van der Waals surface area contributed by atoms with Crippen molar-refractivity contribution in [2.75, 3.05) is 13.2 Å². The van der Waals surface area contributed by atoms with Gasteiger partial charge in [-0.15, -0.1) is 0 Å². The van der Waals surface area contributed by atoms with Gasteiger partial charge < -0.3 is 5.32 Å². The number of imide groups is 1. The van der Waals surface area contributed by atoms with Crippen molar-refractivity contribution in [2.45, 2.75) is 51.6 Å². The molecule has 136 valence electrons. The normalized spacial score (nSPS) is 26.6. The molecule has 1 N–H and O–H groups in total. The van der Waals surface area contributed by atoms with Gasteiger partial charge in [0.1, 0.15) is 11.4 Å². The molecule has 1 aromatic rings. The van der Waals surface area contributed by atoms with Crippen molar-refractivity contribution in [3.05, 3.63) is 35.6 Å². The molecule has 1 aromatic carbocycles. The van der Waals surface area contributed by atoms with Gasteiger partial charge in [0.2, 0.25) is 0 Å². The molecule has 1 saturated carbocycles. The van der Waals surface area contributed by atoms with Gasteiger partial charge in [0.05, 0.1) is 6.67 Å². The topological polar surface area (TPSA) is 52.6 Å². The van der Waals surface area contributed by atoms with Crippen LogP contribution in [0.3, 0.4) is 0 Å². The maximum absolute atomic E-state index is 13.4. The average Bonchev–Trinajstić information content (AvgIpc) is 2.82. The van der Waals surface area contributed by atoms with Gasteiger partial charge in [0.15, 0.2) is 0 Å². The quantitative estimate of drug-likeness (QED) is 0.833. The van der Waals surface area contributed by atoms with Crippen molar-refractivity contribution in [2.24, 2.45) is 5.92 Å². The Hall–Kier alpha value is -1.95. The highest BCUT2D eigenvalue weighted by Gasteiger charge is 2.54. The Labute approximate surface area is 148 Å². The number of carbonyl (C=O) groups excluding carboxylic acids is 2. The fourth-order valence-corrected chi connectivity index (χ4v) is 3.98. The van der Waals surface area contributed by atoms with Gasteiger partial charge in [-0.1, -0.05) is 38.8 Å². The van der Waals surface area contributed by atoms with Gasteiger partial charge in [-0.3, -0.25) is 9.69 Å². The molecular formula is C19H26FN3O2. The fraction of sp³-hybridized carbons (Fsp3) is 0.579. The number of hydrogen-bond donors (Lipinski definition) is 1. The van der Waals surface area contributed by atoms with Crippen molar-refractivity contribution in [3.63, 3.8) is 0 Å². The third kappa shape index (κ3) is 3.40. The third-order valence-corrected chi connectivity index (χ3v) is 5.59. The van der Waals surface area contributed by atoms with Crippen LogP contribution in [0.15, 0.2) is 24.3 Å². The van der Waals surface area contributed by atoms with E-state index in [1.807, 2.05) is 24.8 Å². The molecule has 0 radical (unpaired) electrons. The highest BCUT2D eigenvalue weighted by atomic mass is 19.1. The van der Waals surface area contributed by atoms with Crippen LogP contribution in [-0.4, -0.2) is 40.5 Å². The van der Waals surface area contributed by atoms with E-state index in [2.05, 4.69) is 5.32 Å². The van der Waals surface area contributed by atoms with Gasteiger partial charge in [0, 0.05) is 6.54 Å². The van der Waals surface area contributed by atoms with Crippen LogP contribution >= 0.6 is 0 Å². The van der Waals surface area contributed by atoms with E-state index < -0.39 is 5.54 Å². The lowest BCUT2D eigenvalue weighted by Crippen LogP contribution is -2.54. The summed E-state index contributed by atoms with van der Waals surface area (Å²) >= 11 is 0. The van der Waals surface area contributed by atoms with Crippen LogP contribution in [0.2, 0.25) is 0 Å². The second-order valence-electron chi connectivity index (χ2n) is 7.20. The number of benzene rings is 1. The van der Waals surface area contributed by atoms with Gasteiger partial charge in [-0.25, -0.2) is 14.1 Å². The molecule has 1 saturated heterocycles. The average molecular weight is 347 g/mol. The Bertz CT molecular complexity index is 666. The summed E-state index contributed by atoms with van der Waals surface area (Å²) in [6.07, 6.45) is 3.74. The highest BCUT2D eigenvalue weighted by Crippen LogP contribution is 2.38. The molecule has 2 unspecified atom stereocenters. The maximum Gasteiger partial charge on any atom is 0.326 e.